The molecule has 120 valence electrons. The lowest BCUT2D eigenvalue weighted by Gasteiger charge is -2.32. The topological polar surface area (TPSA) is 75.6 Å². The summed E-state index contributed by atoms with van der Waals surface area (Å²) in [6.07, 6.45) is 0.801. The minimum absolute atomic E-state index is 0.1000. The summed E-state index contributed by atoms with van der Waals surface area (Å²) in [4.78, 5) is 23.5. The Morgan fingerprint density at radius 1 is 1.41 bits per heavy atom. The molecule has 0 aliphatic carbocycles. The van der Waals surface area contributed by atoms with Gasteiger partial charge >= 0.3 is 5.97 Å². The van der Waals surface area contributed by atoms with Gasteiger partial charge in [-0.2, -0.15) is 0 Å². The van der Waals surface area contributed by atoms with Crippen LogP contribution in [0, 0.1) is 0 Å². The van der Waals surface area contributed by atoms with Crippen molar-refractivity contribution in [1.82, 2.24) is 5.32 Å². The first-order valence-electron chi connectivity index (χ1n) is 7.38. The largest absolute Gasteiger partial charge is 0.481 e. The monoisotopic (exact) mass is 325 g/mol. The van der Waals surface area contributed by atoms with Crippen LogP contribution < -0.4 is 10.1 Å². The Hall–Kier alpha value is -1.75. The van der Waals surface area contributed by atoms with Gasteiger partial charge in [-0.1, -0.05) is 25.4 Å². The molecule has 1 aliphatic heterocycles. The highest BCUT2D eigenvalue weighted by Gasteiger charge is 2.36. The van der Waals surface area contributed by atoms with Crippen molar-refractivity contribution in [1.29, 1.82) is 0 Å². The maximum absolute atomic E-state index is 12.5. The van der Waals surface area contributed by atoms with E-state index in [1.165, 1.54) is 0 Å². The van der Waals surface area contributed by atoms with Crippen LogP contribution in [0.2, 0.25) is 5.02 Å². The highest BCUT2D eigenvalue weighted by atomic mass is 35.5. The summed E-state index contributed by atoms with van der Waals surface area (Å²) in [6, 6.07) is 5.25. The molecule has 1 aliphatic rings. The first-order chi connectivity index (χ1) is 10.4. The van der Waals surface area contributed by atoms with Crippen LogP contribution in [0.1, 0.15) is 38.7 Å². The van der Waals surface area contributed by atoms with E-state index in [0.29, 0.717) is 30.0 Å². The van der Waals surface area contributed by atoms with Crippen LogP contribution in [-0.2, 0) is 16.0 Å². The van der Waals surface area contributed by atoms with Crippen molar-refractivity contribution in [3.8, 4) is 5.75 Å². The zero-order chi connectivity index (χ0) is 16.3. The molecule has 0 fully saturated rings. The number of carboxylic acids is 1. The van der Waals surface area contributed by atoms with E-state index >= 15 is 0 Å². The Labute approximate surface area is 134 Å². The van der Waals surface area contributed by atoms with Crippen molar-refractivity contribution in [3.05, 3.63) is 28.8 Å². The molecular formula is C16H20ClNO4. The number of hydrogen-bond acceptors (Lipinski definition) is 3. The minimum atomic E-state index is -0.925. The summed E-state index contributed by atoms with van der Waals surface area (Å²) in [5.74, 6) is -0.551. The molecular weight excluding hydrogens is 306 g/mol. The Balaban J connectivity index is 2.08. The third kappa shape index (κ3) is 3.53. The van der Waals surface area contributed by atoms with E-state index in [0.717, 1.165) is 5.56 Å². The molecule has 5 nitrogen and oxygen atoms in total. The number of amides is 1. The summed E-state index contributed by atoms with van der Waals surface area (Å²) in [6.45, 7) is 3.74. The average Bonchev–Trinajstić information content (AvgIpc) is 2.89. The van der Waals surface area contributed by atoms with Gasteiger partial charge in [0.05, 0.1) is 12.0 Å². The third-order valence-electron chi connectivity index (χ3n) is 4.22. The molecule has 0 bridgehead atoms. The lowest BCUT2D eigenvalue weighted by Crippen LogP contribution is -2.53. The summed E-state index contributed by atoms with van der Waals surface area (Å²) < 4.78 is 5.65. The van der Waals surface area contributed by atoms with Crippen molar-refractivity contribution in [2.24, 2.45) is 0 Å². The Bertz CT molecular complexity index is 584. The van der Waals surface area contributed by atoms with Gasteiger partial charge in [-0.25, -0.2) is 0 Å². The normalized spacial score (nSPS) is 16.8. The van der Waals surface area contributed by atoms with Gasteiger partial charge in [0.25, 0.3) is 5.91 Å². The second kappa shape index (κ2) is 6.57. The molecule has 0 aromatic heterocycles. The van der Waals surface area contributed by atoms with Crippen molar-refractivity contribution in [3.63, 3.8) is 0 Å². The average molecular weight is 326 g/mol. The van der Waals surface area contributed by atoms with Gasteiger partial charge in [0, 0.05) is 11.4 Å². The number of carbonyl (C=O) groups is 2. The number of aliphatic carboxylic acids is 1. The molecule has 6 heteroatoms. The van der Waals surface area contributed by atoms with Crippen LogP contribution >= 0.6 is 11.6 Å². The number of ether oxygens (including phenoxy) is 1. The van der Waals surface area contributed by atoms with E-state index in [4.69, 9.17) is 21.4 Å². The highest BCUT2D eigenvalue weighted by Crippen LogP contribution is 2.31. The molecule has 2 N–H and O–H groups in total. The van der Waals surface area contributed by atoms with Crippen LogP contribution in [0.4, 0.5) is 0 Å². The van der Waals surface area contributed by atoms with Crippen LogP contribution in [0.3, 0.4) is 0 Å². The smallest absolute Gasteiger partial charge is 0.305 e. The molecule has 0 saturated carbocycles. The summed E-state index contributed by atoms with van der Waals surface area (Å²) >= 11 is 5.94. The van der Waals surface area contributed by atoms with E-state index in [-0.39, 0.29) is 12.3 Å². The van der Waals surface area contributed by atoms with E-state index < -0.39 is 17.6 Å². The second-order valence-corrected chi connectivity index (χ2v) is 6.05. The maximum Gasteiger partial charge on any atom is 0.305 e. The van der Waals surface area contributed by atoms with E-state index in [9.17, 15) is 9.59 Å². The fourth-order valence-corrected chi connectivity index (χ4v) is 2.91. The molecule has 0 spiro atoms. The van der Waals surface area contributed by atoms with Crippen molar-refractivity contribution in [2.75, 3.05) is 0 Å². The Morgan fingerprint density at radius 2 is 2.09 bits per heavy atom. The number of carbonyl (C=O) groups excluding carboxylic acids is 1. The number of carboxylic acid groups (broad SMARTS) is 1. The van der Waals surface area contributed by atoms with Crippen LogP contribution in [0.25, 0.3) is 0 Å². The molecule has 0 radical (unpaired) electrons. The molecule has 1 amide bonds. The zero-order valence-electron chi connectivity index (χ0n) is 12.7. The second-order valence-electron chi connectivity index (χ2n) is 5.61. The number of halogens is 1. The minimum Gasteiger partial charge on any atom is -0.481 e. The highest BCUT2D eigenvalue weighted by molar-refractivity contribution is 6.30. The predicted molar refractivity (Wildman–Crippen MR) is 83.3 cm³/mol. The molecule has 0 saturated heterocycles. The lowest BCUT2D eigenvalue weighted by molar-refractivity contribution is -0.139. The fraction of sp³-hybridized carbons (Fsp3) is 0.500. The standard InChI is InChI=1S/C16H20ClNO4/c1-3-16(4-2,9-14(19)20)18-15(21)13-8-10-7-11(17)5-6-12(10)22-13/h5-7,13H,3-4,8-9H2,1-2H3,(H,18,21)(H,19,20). The molecule has 1 unspecified atom stereocenters. The van der Waals surface area contributed by atoms with Gasteiger partial charge in [0.15, 0.2) is 6.10 Å². The number of nitrogens with one attached hydrogen (secondary N) is 1. The van der Waals surface area contributed by atoms with Gasteiger partial charge in [-0.3, -0.25) is 9.59 Å². The van der Waals surface area contributed by atoms with Crippen molar-refractivity contribution < 1.29 is 19.4 Å². The van der Waals surface area contributed by atoms with E-state index in [2.05, 4.69) is 5.32 Å². The molecule has 1 aromatic rings. The molecule has 2 rings (SSSR count). The SMILES string of the molecule is CCC(CC)(CC(=O)O)NC(=O)C1Cc2cc(Cl)ccc2O1. The fourth-order valence-electron chi connectivity index (χ4n) is 2.72. The van der Waals surface area contributed by atoms with Gasteiger partial charge in [0.1, 0.15) is 5.75 Å². The Morgan fingerprint density at radius 3 is 2.68 bits per heavy atom. The van der Waals surface area contributed by atoms with E-state index in [1.54, 1.807) is 18.2 Å². The molecule has 1 aromatic carbocycles. The van der Waals surface area contributed by atoms with Crippen LogP contribution in [0.5, 0.6) is 5.75 Å². The summed E-state index contributed by atoms with van der Waals surface area (Å²) in [7, 11) is 0. The third-order valence-corrected chi connectivity index (χ3v) is 4.46. The Kier molecular flexibility index (Phi) is 4.96. The quantitative estimate of drug-likeness (QED) is 0.843. The van der Waals surface area contributed by atoms with Crippen molar-refractivity contribution >= 4 is 23.5 Å². The molecule has 22 heavy (non-hydrogen) atoms. The molecule has 1 heterocycles. The number of hydrogen-bond donors (Lipinski definition) is 2. The summed E-state index contributed by atoms with van der Waals surface area (Å²) in [5.41, 5.74) is 0.156. The number of rotatable bonds is 6. The number of fused-ring (bicyclic) bond motifs is 1. The van der Waals surface area contributed by atoms with Gasteiger partial charge < -0.3 is 15.2 Å². The van der Waals surface area contributed by atoms with E-state index in [1.807, 2.05) is 13.8 Å². The molecule has 1 atom stereocenters. The first kappa shape index (κ1) is 16.6. The van der Waals surface area contributed by atoms with Crippen LogP contribution in [-0.4, -0.2) is 28.6 Å². The van der Waals surface area contributed by atoms with Crippen molar-refractivity contribution in [2.45, 2.75) is 51.2 Å². The first-order valence-corrected chi connectivity index (χ1v) is 7.76. The summed E-state index contributed by atoms with van der Waals surface area (Å²) in [5, 5.41) is 12.5. The maximum atomic E-state index is 12.5. The van der Waals surface area contributed by atoms with Gasteiger partial charge in [-0.05, 0) is 36.6 Å². The van der Waals surface area contributed by atoms with Gasteiger partial charge in [0.2, 0.25) is 0 Å². The van der Waals surface area contributed by atoms with Gasteiger partial charge in [-0.15, -0.1) is 0 Å². The zero-order valence-corrected chi connectivity index (χ0v) is 13.4. The lowest BCUT2D eigenvalue weighted by atomic mass is 9.88. The predicted octanol–water partition coefficient (Wildman–Crippen LogP) is 2.79. The van der Waals surface area contributed by atoms with Crippen LogP contribution in [0.15, 0.2) is 18.2 Å². The number of benzene rings is 1.